The van der Waals surface area contributed by atoms with Gasteiger partial charge in [-0.15, -0.1) is 0 Å². The lowest BCUT2D eigenvalue weighted by molar-refractivity contribution is 0.0127. The Labute approximate surface area is 115 Å². The standard InChI is InChI=1S/C14H26N2O3/c1-9-7-10(5-6-18-9)15-11-8-12(11)16-13(17)19-14(2,3)4/h9-12,15H,5-8H2,1-4H3,(H,16,17). The van der Waals surface area contributed by atoms with Crippen molar-refractivity contribution in [1.82, 2.24) is 10.6 Å². The highest BCUT2D eigenvalue weighted by Crippen LogP contribution is 2.25. The normalized spacial score (nSPS) is 34.7. The van der Waals surface area contributed by atoms with E-state index in [0.717, 1.165) is 25.9 Å². The largest absolute Gasteiger partial charge is 0.444 e. The van der Waals surface area contributed by atoms with Crippen LogP contribution < -0.4 is 10.6 Å². The zero-order chi connectivity index (χ0) is 14.0. The molecule has 19 heavy (non-hydrogen) atoms. The molecule has 0 bridgehead atoms. The van der Waals surface area contributed by atoms with E-state index in [4.69, 9.17) is 9.47 Å². The molecule has 2 fully saturated rings. The molecule has 4 unspecified atom stereocenters. The Bertz CT molecular complexity index is 327. The Kier molecular flexibility index (Phi) is 4.36. The van der Waals surface area contributed by atoms with Crippen LogP contribution in [0.4, 0.5) is 4.79 Å². The van der Waals surface area contributed by atoms with Gasteiger partial charge in [-0.1, -0.05) is 0 Å². The zero-order valence-corrected chi connectivity index (χ0v) is 12.4. The second-order valence-electron chi connectivity index (χ2n) is 6.66. The fraction of sp³-hybridized carbons (Fsp3) is 0.929. The van der Waals surface area contributed by atoms with Crippen molar-refractivity contribution in [3.8, 4) is 0 Å². The average molecular weight is 270 g/mol. The van der Waals surface area contributed by atoms with Crippen LogP contribution in [-0.4, -0.2) is 42.5 Å². The van der Waals surface area contributed by atoms with Crippen LogP contribution >= 0.6 is 0 Å². The molecule has 1 aliphatic heterocycles. The molecule has 0 spiro atoms. The second-order valence-corrected chi connectivity index (χ2v) is 6.66. The summed E-state index contributed by atoms with van der Waals surface area (Å²) in [6, 6.07) is 1.12. The number of hydrogen-bond donors (Lipinski definition) is 2. The number of carbonyl (C=O) groups excluding carboxylic acids is 1. The predicted molar refractivity (Wildman–Crippen MR) is 73.1 cm³/mol. The molecule has 1 saturated carbocycles. The number of carbonyl (C=O) groups is 1. The van der Waals surface area contributed by atoms with E-state index in [2.05, 4.69) is 17.6 Å². The van der Waals surface area contributed by atoms with Crippen LogP contribution in [-0.2, 0) is 9.47 Å². The van der Waals surface area contributed by atoms with E-state index in [9.17, 15) is 4.79 Å². The fourth-order valence-corrected chi connectivity index (χ4v) is 2.45. The highest BCUT2D eigenvalue weighted by atomic mass is 16.6. The minimum atomic E-state index is -0.433. The van der Waals surface area contributed by atoms with E-state index in [1.54, 1.807) is 0 Å². The highest BCUT2D eigenvalue weighted by Gasteiger charge is 2.40. The first-order valence-electron chi connectivity index (χ1n) is 7.20. The molecule has 2 N–H and O–H groups in total. The van der Waals surface area contributed by atoms with Crippen molar-refractivity contribution in [3.63, 3.8) is 0 Å². The number of nitrogens with one attached hydrogen (secondary N) is 2. The van der Waals surface area contributed by atoms with E-state index in [1.165, 1.54) is 0 Å². The van der Waals surface area contributed by atoms with Crippen LogP contribution in [0, 0.1) is 0 Å². The van der Waals surface area contributed by atoms with Crippen molar-refractivity contribution in [3.05, 3.63) is 0 Å². The Morgan fingerprint density at radius 1 is 1.26 bits per heavy atom. The van der Waals surface area contributed by atoms with Gasteiger partial charge in [-0.25, -0.2) is 4.79 Å². The summed E-state index contributed by atoms with van der Waals surface area (Å²) < 4.78 is 10.8. The van der Waals surface area contributed by atoms with E-state index in [1.807, 2.05) is 20.8 Å². The average Bonchev–Trinajstić information content (AvgIpc) is 2.92. The summed E-state index contributed by atoms with van der Waals surface area (Å²) in [5.41, 5.74) is -0.433. The van der Waals surface area contributed by atoms with Gasteiger partial charge in [0, 0.05) is 24.7 Å². The third kappa shape index (κ3) is 4.99. The van der Waals surface area contributed by atoms with Gasteiger partial charge in [0.25, 0.3) is 0 Å². The molecule has 0 aromatic heterocycles. The quantitative estimate of drug-likeness (QED) is 0.821. The van der Waals surface area contributed by atoms with Gasteiger partial charge >= 0.3 is 6.09 Å². The van der Waals surface area contributed by atoms with Crippen LogP contribution in [0.25, 0.3) is 0 Å². The van der Waals surface area contributed by atoms with Crippen molar-refractivity contribution in [2.75, 3.05) is 6.61 Å². The first-order valence-corrected chi connectivity index (χ1v) is 7.20. The van der Waals surface area contributed by atoms with Crippen molar-refractivity contribution < 1.29 is 14.3 Å². The summed E-state index contributed by atoms with van der Waals surface area (Å²) in [5, 5.41) is 6.50. The van der Waals surface area contributed by atoms with Gasteiger partial charge in [0.05, 0.1) is 6.10 Å². The molecule has 4 atom stereocenters. The maximum atomic E-state index is 11.6. The van der Waals surface area contributed by atoms with Gasteiger partial charge in [-0.05, 0) is 47.0 Å². The van der Waals surface area contributed by atoms with Crippen LogP contribution in [0.2, 0.25) is 0 Å². The van der Waals surface area contributed by atoms with Crippen molar-refractivity contribution >= 4 is 6.09 Å². The number of alkyl carbamates (subject to hydrolysis) is 1. The van der Waals surface area contributed by atoms with Crippen LogP contribution in [0.15, 0.2) is 0 Å². The monoisotopic (exact) mass is 270 g/mol. The van der Waals surface area contributed by atoms with Crippen LogP contribution in [0.5, 0.6) is 0 Å². The molecule has 5 heteroatoms. The lowest BCUT2D eigenvalue weighted by Crippen LogP contribution is -2.42. The lowest BCUT2D eigenvalue weighted by Gasteiger charge is -2.28. The third-order valence-corrected chi connectivity index (χ3v) is 3.43. The van der Waals surface area contributed by atoms with Crippen LogP contribution in [0.1, 0.15) is 47.0 Å². The summed E-state index contributed by atoms with van der Waals surface area (Å²) in [5.74, 6) is 0. The molecule has 110 valence electrons. The van der Waals surface area contributed by atoms with Gasteiger partial charge in [-0.3, -0.25) is 0 Å². The van der Waals surface area contributed by atoms with Gasteiger partial charge in [0.15, 0.2) is 0 Å². The molecular formula is C14H26N2O3. The minimum absolute atomic E-state index is 0.216. The summed E-state index contributed by atoms with van der Waals surface area (Å²) in [4.78, 5) is 11.6. The Balaban J connectivity index is 1.66. The lowest BCUT2D eigenvalue weighted by atomic mass is 10.0. The van der Waals surface area contributed by atoms with Crippen LogP contribution in [0.3, 0.4) is 0 Å². The van der Waals surface area contributed by atoms with Gasteiger partial charge in [-0.2, -0.15) is 0 Å². The molecule has 0 radical (unpaired) electrons. The van der Waals surface area contributed by atoms with Crippen molar-refractivity contribution in [1.29, 1.82) is 0 Å². The topological polar surface area (TPSA) is 59.6 Å². The molecule has 1 amide bonds. The zero-order valence-electron chi connectivity index (χ0n) is 12.4. The molecule has 1 heterocycles. The molecule has 1 saturated heterocycles. The SMILES string of the molecule is CC1CC(NC2CC2NC(=O)OC(C)(C)C)CCO1. The molecule has 0 aromatic rings. The molecular weight excluding hydrogens is 244 g/mol. The third-order valence-electron chi connectivity index (χ3n) is 3.43. The second kappa shape index (κ2) is 5.67. The molecule has 0 aromatic carbocycles. The summed E-state index contributed by atoms with van der Waals surface area (Å²) in [6.07, 6.45) is 3.12. The number of rotatable bonds is 3. The van der Waals surface area contributed by atoms with Crippen molar-refractivity contribution in [2.24, 2.45) is 0 Å². The van der Waals surface area contributed by atoms with E-state index < -0.39 is 5.60 Å². The van der Waals surface area contributed by atoms with Gasteiger partial charge < -0.3 is 20.1 Å². The first kappa shape index (κ1) is 14.6. The van der Waals surface area contributed by atoms with E-state index in [0.29, 0.717) is 18.2 Å². The molecule has 2 rings (SSSR count). The summed E-state index contributed by atoms with van der Waals surface area (Å²) in [7, 11) is 0. The van der Waals surface area contributed by atoms with Gasteiger partial charge in [0.1, 0.15) is 5.60 Å². The summed E-state index contributed by atoms with van der Waals surface area (Å²) >= 11 is 0. The van der Waals surface area contributed by atoms with Gasteiger partial charge in [0.2, 0.25) is 0 Å². The Morgan fingerprint density at radius 2 is 2.00 bits per heavy atom. The fourth-order valence-electron chi connectivity index (χ4n) is 2.45. The maximum Gasteiger partial charge on any atom is 0.407 e. The van der Waals surface area contributed by atoms with E-state index in [-0.39, 0.29) is 12.1 Å². The number of amides is 1. The molecule has 1 aliphatic carbocycles. The number of hydrogen-bond acceptors (Lipinski definition) is 4. The first-order chi connectivity index (χ1) is 8.83. The molecule has 2 aliphatic rings. The Hall–Kier alpha value is -0.810. The number of ether oxygens (including phenoxy) is 2. The predicted octanol–water partition coefficient (Wildman–Crippen LogP) is 1.81. The van der Waals surface area contributed by atoms with Crippen molar-refractivity contribution in [2.45, 2.75) is 76.8 Å². The molecule has 5 nitrogen and oxygen atoms in total. The summed E-state index contributed by atoms with van der Waals surface area (Å²) in [6.45, 7) is 8.56. The smallest absolute Gasteiger partial charge is 0.407 e. The van der Waals surface area contributed by atoms with E-state index >= 15 is 0 Å². The highest BCUT2D eigenvalue weighted by molar-refractivity contribution is 5.68. The maximum absolute atomic E-state index is 11.6. The Morgan fingerprint density at radius 3 is 2.63 bits per heavy atom. The minimum Gasteiger partial charge on any atom is -0.444 e.